The molecule has 0 atom stereocenters. The molecule has 0 amide bonds. The number of rotatable bonds is 5. The second-order valence-corrected chi connectivity index (χ2v) is 8.01. The highest BCUT2D eigenvalue weighted by atomic mass is 32.3. The molecule has 0 unspecified atom stereocenters. The van der Waals surface area contributed by atoms with Gasteiger partial charge in [0.25, 0.3) is 0 Å². The summed E-state index contributed by atoms with van der Waals surface area (Å²) in [7, 11) is -8.99. The van der Waals surface area contributed by atoms with Gasteiger partial charge in [0.1, 0.15) is 0 Å². The second kappa shape index (κ2) is 4.93. The molecule has 0 fully saturated rings. The van der Waals surface area contributed by atoms with Crippen LogP contribution in [0.3, 0.4) is 0 Å². The summed E-state index contributed by atoms with van der Waals surface area (Å²) in [5, 5.41) is -6.49. The Morgan fingerprint density at radius 2 is 1.26 bits per heavy atom. The van der Waals surface area contributed by atoms with Crippen molar-refractivity contribution in [3.05, 3.63) is 0 Å². The molecule has 0 radical (unpaired) electrons. The average molecular weight is 342 g/mol. The van der Waals surface area contributed by atoms with E-state index in [1.807, 2.05) is 0 Å². The molecule has 0 rings (SSSR count). The van der Waals surface area contributed by atoms with Gasteiger partial charge in [0.15, 0.2) is 0 Å². The SMILES string of the molecule is COS(C)(C)OS(=O)(=O)C(F)(F)C(F)(F)C(F)(F)F. The predicted molar refractivity (Wildman–Crippen MR) is 52.4 cm³/mol. The Kier molecular flexibility index (Phi) is 4.86. The summed E-state index contributed by atoms with van der Waals surface area (Å²) in [6, 6.07) is 0. The molecule has 0 saturated heterocycles. The largest absolute Gasteiger partial charge is 0.461 e. The number of alkyl halides is 7. The highest BCUT2D eigenvalue weighted by Gasteiger charge is 2.79. The molecule has 0 saturated carbocycles. The molecule has 0 aliphatic heterocycles. The quantitative estimate of drug-likeness (QED) is 0.721. The van der Waals surface area contributed by atoms with Crippen LogP contribution in [0, 0.1) is 0 Å². The third kappa shape index (κ3) is 3.44. The number of halogens is 7. The third-order valence-electron chi connectivity index (χ3n) is 1.69. The van der Waals surface area contributed by atoms with E-state index in [-0.39, 0.29) is 0 Å². The van der Waals surface area contributed by atoms with Crippen molar-refractivity contribution in [1.82, 2.24) is 0 Å². The molecule has 19 heavy (non-hydrogen) atoms. The van der Waals surface area contributed by atoms with Crippen LogP contribution < -0.4 is 0 Å². The second-order valence-electron chi connectivity index (χ2n) is 3.42. The van der Waals surface area contributed by atoms with E-state index in [9.17, 15) is 39.2 Å². The van der Waals surface area contributed by atoms with E-state index in [1.165, 1.54) is 0 Å². The monoisotopic (exact) mass is 342 g/mol. The van der Waals surface area contributed by atoms with Crippen molar-refractivity contribution >= 4 is 20.7 Å². The van der Waals surface area contributed by atoms with E-state index in [4.69, 9.17) is 0 Å². The Hall–Kier alpha value is -0.270. The highest BCUT2D eigenvalue weighted by Crippen LogP contribution is 2.53. The summed E-state index contributed by atoms with van der Waals surface area (Å²) >= 11 is 0. The van der Waals surface area contributed by atoms with Gasteiger partial charge in [-0.1, -0.05) is 0 Å². The van der Waals surface area contributed by atoms with Crippen molar-refractivity contribution in [3.8, 4) is 0 Å². The molecular weight excluding hydrogens is 333 g/mol. The van der Waals surface area contributed by atoms with Crippen molar-refractivity contribution < 1.29 is 47.0 Å². The zero-order valence-electron chi connectivity index (χ0n) is 9.60. The zero-order chi connectivity index (χ0) is 15.9. The molecule has 4 nitrogen and oxygen atoms in total. The molecule has 0 aliphatic carbocycles. The van der Waals surface area contributed by atoms with Crippen molar-refractivity contribution in [2.75, 3.05) is 19.6 Å². The zero-order valence-corrected chi connectivity index (χ0v) is 11.2. The Morgan fingerprint density at radius 3 is 1.53 bits per heavy atom. The molecule has 0 N–H and O–H groups in total. The van der Waals surface area contributed by atoms with Crippen LogP contribution in [0.2, 0.25) is 0 Å². The molecular formula is C6H9F7O4S2. The smallest absolute Gasteiger partial charge is 0.287 e. The van der Waals surface area contributed by atoms with E-state index < -0.39 is 38.1 Å². The fourth-order valence-corrected chi connectivity index (χ4v) is 3.33. The number of hydrogen-bond donors (Lipinski definition) is 0. The predicted octanol–water partition coefficient (Wildman–Crippen LogP) is 2.66. The van der Waals surface area contributed by atoms with Gasteiger partial charge in [0.05, 0.1) is 7.11 Å². The van der Waals surface area contributed by atoms with E-state index in [2.05, 4.69) is 7.81 Å². The molecule has 0 bridgehead atoms. The van der Waals surface area contributed by atoms with Crippen LogP contribution in [-0.2, 0) is 17.9 Å². The Bertz CT molecular complexity index is 427. The average Bonchev–Trinajstić information content (AvgIpc) is 2.13. The normalized spacial score (nSPS) is 16.5. The van der Waals surface area contributed by atoms with Gasteiger partial charge in [-0.25, -0.2) is 0 Å². The van der Waals surface area contributed by atoms with Crippen LogP contribution in [0.4, 0.5) is 30.7 Å². The summed E-state index contributed by atoms with van der Waals surface area (Å²) in [5.41, 5.74) is 0. The van der Waals surface area contributed by atoms with Crippen LogP contribution in [-0.4, -0.2) is 45.4 Å². The summed E-state index contributed by atoms with van der Waals surface area (Å²) in [6.45, 7) is 0. The maximum atomic E-state index is 12.9. The minimum Gasteiger partial charge on any atom is -0.287 e. The summed E-state index contributed by atoms with van der Waals surface area (Å²) in [4.78, 5) is 0. The van der Waals surface area contributed by atoms with Gasteiger partial charge >= 0.3 is 27.5 Å². The summed E-state index contributed by atoms with van der Waals surface area (Å²) in [6.07, 6.45) is -5.14. The Balaban J connectivity index is 5.67. The lowest BCUT2D eigenvalue weighted by molar-refractivity contribution is -0.333. The van der Waals surface area contributed by atoms with Gasteiger partial charge in [0, 0.05) is 12.5 Å². The number of hydrogen-bond acceptors (Lipinski definition) is 4. The van der Waals surface area contributed by atoms with Gasteiger partial charge in [-0.3, -0.25) is 4.18 Å². The molecule has 0 aromatic heterocycles. The minimum atomic E-state index is -6.80. The van der Waals surface area contributed by atoms with E-state index in [1.54, 1.807) is 0 Å². The summed E-state index contributed by atoms with van der Waals surface area (Å²) in [5.74, 6) is -6.80. The lowest BCUT2D eigenvalue weighted by Gasteiger charge is -2.35. The molecule has 0 aromatic carbocycles. The van der Waals surface area contributed by atoms with Gasteiger partial charge in [-0.15, -0.1) is 0 Å². The maximum absolute atomic E-state index is 12.9. The fraction of sp³-hybridized carbons (Fsp3) is 1.00. The van der Waals surface area contributed by atoms with Crippen LogP contribution in [0.25, 0.3) is 0 Å². The van der Waals surface area contributed by atoms with Gasteiger partial charge in [0.2, 0.25) is 0 Å². The first-order chi connectivity index (χ1) is 8.02. The maximum Gasteiger partial charge on any atom is 0.461 e. The topological polar surface area (TPSA) is 52.6 Å². The van der Waals surface area contributed by atoms with Gasteiger partial charge < -0.3 is 0 Å². The van der Waals surface area contributed by atoms with Gasteiger partial charge in [-0.05, 0) is 0 Å². The Labute approximate surface area is 105 Å². The standard InChI is InChI=1S/C6H9F7O4S2/c1-16-18(2,3)17-19(14,15)6(12,13)4(7,8)5(9,10)11/h1-3H3. The fourth-order valence-electron chi connectivity index (χ4n) is 0.608. The molecule has 13 heteroatoms. The van der Waals surface area contributed by atoms with E-state index in [0.717, 1.165) is 19.6 Å². The molecule has 0 spiro atoms. The first-order valence-electron chi connectivity index (χ1n) is 4.09. The van der Waals surface area contributed by atoms with Crippen LogP contribution in [0.1, 0.15) is 0 Å². The lowest BCUT2D eigenvalue weighted by Crippen LogP contribution is -2.56. The van der Waals surface area contributed by atoms with E-state index in [0.29, 0.717) is 0 Å². The molecule has 0 aliphatic rings. The van der Waals surface area contributed by atoms with Crippen molar-refractivity contribution in [3.63, 3.8) is 0 Å². The lowest BCUT2D eigenvalue weighted by atomic mass is 10.3. The Morgan fingerprint density at radius 1 is 0.895 bits per heavy atom. The molecule has 0 heterocycles. The first-order valence-corrected chi connectivity index (χ1v) is 7.79. The molecule has 0 aromatic rings. The van der Waals surface area contributed by atoms with Gasteiger partial charge in [-0.2, -0.15) is 53.4 Å². The molecule has 118 valence electrons. The summed E-state index contributed by atoms with van der Waals surface area (Å²) < 4.78 is 116. The van der Waals surface area contributed by atoms with Crippen molar-refractivity contribution in [2.45, 2.75) is 17.4 Å². The highest BCUT2D eigenvalue weighted by molar-refractivity contribution is 8.28. The van der Waals surface area contributed by atoms with Crippen LogP contribution in [0.5, 0.6) is 0 Å². The third-order valence-corrected chi connectivity index (χ3v) is 5.40. The van der Waals surface area contributed by atoms with Crippen molar-refractivity contribution in [2.24, 2.45) is 0 Å². The van der Waals surface area contributed by atoms with Crippen LogP contribution in [0.15, 0.2) is 0 Å². The van der Waals surface area contributed by atoms with E-state index >= 15 is 0 Å². The first kappa shape index (κ1) is 18.7. The van der Waals surface area contributed by atoms with Crippen molar-refractivity contribution in [1.29, 1.82) is 0 Å². The minimum absolute atomic E-state index is 0.810. The van der Waals surface area contributed by atoms with Crippen LogP contribution >= 0.6 is 10.6 Å².